The van der Waals surface area contributed by atoms with E-state index in [0.717, 1.165) is 12.8 Å². The Bertz CT molecular complexity index is 454. The molecule has 6 heteroatoms. The molecule has 1 aliphatic heterocycles. The first-order valence-corrected chi connectivity index (χ1v) is 8.79. The van der Waals surface area contributed by atoms with Crippen LogP contribution in [0.3, 0.4) is 0 Å². The van der Waals surface area contributed by atoms with Crippen LogP contribution in [0.4, 0.5) is 0 Å². The lowest BCUT2D eigenvalue weighted by Crippen LogP contribution is -2.48. The van der Waals surface area contributed by atoms with E-state index in [0.29, 0.717) is 18.9 Å². The summed E-state index contributed by atoms with van der Waals surface area (Å²) in [6.45, 7) is 0.663. The van der Waals surface area contributed by atoms with Gasteiger partial charge in [-0.3, -0.25) is 9.59 Å². The van der Waals surface area contributed by atoms with E-state index >= 15 is 0 Å². The van der Waals surface area contributed by atoms with Gasteiger partial charge in [-0.1, -0.05) is 32.1 Å². The molecule has 0 spiro atoms. The van der Waals surface area contributed by atoms with E-state index in [1.807, 2.05) is 0 Å². The van der Waals surface area contributed by atoms with Crippen LogP contribution in [-0.2, 0) is 9.59 Å². The lowest BCUT2D eigenvalue weighted by molar-refractivity contribution is -0.125. The van der Waals surface area contributed by atoms with Crippen molar-refractivity contribution in [2.75, 3.05) is 13.6 Å². The summed E-state index contributed by atoms with van der Waals surface area (Å²) in [4.78, 5) is 24.1. The topological polar surface area (TPSA) is 94.0 Å². The van der Waals surface area contributed by atoms with Crippen LogP contribution >= 0.6 is 0 Å². The fourth-order valence-corrected chi connectivity index (χ4v) is 3.68. The molecule has 0 bridgehead atoms. The van der Waals surface area contributed by atoms with Gasteiger partial charge in [-0.05, 0) is 32.2 Å². The highest BCUT2D eigenvalue weighted by Gasteiger charge is 2.29. The zero-order valence-electron chi connectivity index (χ0n) is 13.9. The lowest BCUT2D eigenvalue weighted by atomic mass is 9.84. The van der Waals surface area contributed by atoms with E-state index in [1.165, 1.54) is 32.1 Å². The Balaban J connectivity index is 1.83. The van der Waals surface area contributed by atoms with Crippen LogP contribution in [0.25, 0.3) is 0 Å². The summed E-state index contributed by atoms with van der Waals surface area (Å²) >= 11 is 0. The fraction of sp³-hybridized carbons (Fsp3) is 0.824. The van der Waals surface area contributed by atoms with Crippen molar-refractivity contribution in [1.82, 2.24) is 16.0 Å². The predicted molar refractivity (Wildman–Crippen MR) is 87.3 cm³/mol. The minimum absolute atomic E-state index is 0.00753. The Hall–Kier alpha value is -1.61. The molecule has 2 rings (SSSR count). The van der Waals surface area contributed by atoms with Crippen molar-refractivity contribution in [3.63, 3.8) is 0 Å². The molecule has 1 aliphatic carbocycles. The van der Waals surface area contributed by atoms with Crippen LogP contribution in [0, 0.1) is 23.2 Å². The minimum atomic E-state index is -0.599. The SMILES string of the molecule is CN[C@@H](CC1CCCCC1)C(=O)NC(C#N)CC1CCNC1=O. The molecule has 6 nitrogen and oxygen atoms in total. The molecule has 3 atom stereocenters. The molecule has 0 aromatic rings. The van der Waals surface area contributed by atoms with E-state index in [1.54, 1.807) is 7.05 Å². The molecular weight excluding hydrogens is 292 g/mol. The first-order valence-electron chi connectivity index (χ1n) is 8.79. The molecule has 1 heterocycles. The van der Waals surface area contributed by atoms with Gasteiger partial charge in [0.2, 0.25) is 11.8 Å². The third-order valence-electron chi connectivity index (χ3n) is 5.11. The molecule has 3 N–H and O–H groups in total. The number of likely N-dealkylation sites (N-methyl/N-ethyl adjacent to an activating group) is 1. The average molecular weight is 320 g/mol. The summed E-state index contributed by atoms with van der Waals surface area (Å²) in [5.74, 6) is 0.300. The van der Waals surface area contributed by atoms with E-state index in [2.05, 4.69) is 22.0 Å². The Labute approximate surface area is 138 Å². The van der Waals surface area contributed by atoms with Crippen molar-refractivity contribution in [3.8, 4) is 6.07 Å². The summed E-state index contributed by atoms with van der Waals surface area (Å²) in [5.41, 5.74) is 0. The standard InChI is InChI=1S/C17H28N4O2/c1-19-15(9-12-5-3-2-4-6-12)17(23)21-14(11-18)10-13-7-8-20-16(13)22/h12-15,19H,2-10H2,1H3,(H,20,22)(H,21,23)/t13?,14?,15-/m0/s1. The zero-order chi connectivity index (χ0) is 16.7. The summed E-state index contributed by atoms with van der Waals surface area (Å²) < 4.78 is 0. The number of amides is 2. The van der Waals surface area contributed by atoms with Gasteiger partial charge in [-0.25, -0.2) is 0 Å². The van der Waals surface area contributed by atoms with E-state index < -0.39 is 6.04 Å². The van der Waals surface area contributed by atoms with E-state index in [4.69, 9.17) is 0 Å². The van der Waals surface area contributed by atoms with Crippen LogP contribution in [0.15, 0.2) is 0 Å². The number of hydrogen-bond acceptors (Lipinski definition) is 4. The number of nitriles is 1. The normalized spacial score (nSPS) is 24.5. The monoisotopic (exact) mass is 320 g/mol. The van der Waals surface area contributed by atoms with Gasteiger partial charge < -0.3 is 16.0 Å². The molecule has 2 fully saturated rings. The molecule has 23 heavy (non-hydrogen) atoms. The summed E-state index contributed by atoms with van der Waals surface area (Å²) in [6.07, 6.45) is 8.14. The number of carbonyl (C=O) groups is 2. The van der Waals surface area contributed by atoms with Crippen molar-refractivity contribution >= 4 is 11.8 Å². The molecule has 0 aromatic carbocycles. The van der Waals surface area contributed by atoms with Crippen LogP contribution in [0.2, 0.25) is 0 Å². The smallest absolute Gasteiger partial charge is 0.238 e. The molecule has 1 saturated carbocycles. The highest BCUT2D eigenvalue weighted by molar-refractivity contribution is 5.83. The van der Waals surface area contributed by atoms with Gasteiger partial charge in [0.05, 0.1) is 12.1 Å². The fourth-order valence-electron chi connectivity index (χ4n) is 3.68. The molecule has 128 valence electrons. The van der Waals surface area contributed by atoms with Crippen LogP contribution in [0.1, 0.15) is 51.4 Å². The van der Waals surface area contributed by atoms with Crippen molar-refractivity contribution in [2.24, 2.45) is 11.8 Å². The first-order chi connectivity index (χ1) is 11.1. The maximum absolute atomic E-state index is 12.4. The van der Waals surface area contributed by atoms with Crippen LogP contribution < -0.4 is 16.0 Å². The minimum Gasteiger partial charge on any atom is -0.356 e. The molecular formula is C17H28N4O2. The van der Waals surface area contributed by atoms with Crippen LogP contribution in [0.5, 0.6) is 0 Å². The van der Waals surface area contributed by atoms with Gasteiger partial charge >= 0.3 is 0 Å². The third-order valence-corrected chi connectivity index (χ3v) is 5.11. The summed E-state index contributed by atoms with van der Waals surface area (Å²) in [7, 11) is 1.79. The second kappa shape index (κ2) is 8.88. The predicted octanol–water partition coefficient (Wildman–Crippen LogP) is 1.08. The molecule has 2 unspecified atom stereocenters. The van der Waals surface area contributed by atoms with Gasteiger partial charge in [0, 0.05) is 12.5 Å². The van der Waals surface area contributed by atoms with Gasteiger partial charge in [0.15, 0.2) is 0 Å². The van der Waals surface area contributed by atoms with Gasteiger partial charge in [-0.2, -0.15) is 5.26 Å². The van der Waals surface area contributed by atoms with Crippen LogP contribution in [-0.4, -0.2) is 37.5 Å². The Morgan fingerprint density at radius 1 is 1.30 bits per heavy atom. The number of rotatable bonds is 7. The van der Waals surface area contributed by atoms with Crippen molar-refractivity contribution in [2.45, 2.75) is 63.5 Å². The molecule has 0 radical (unpaired) electrons. The lowest BCUT2D eigenvalue weighted by Gasteiger charge is -2.26. The number of nitrogens with zero attached hydrogens (tertiary/aromatic N) is 1. The maximum atomic E-state index is 12.4. The first kappa shape index (κ1) is 17.7. The highest BCUT2D eigenvalue weighted by Crippen LogP contribution is 2.27. The molecule has 2 amide bonds. The highest BCUT2D eigenvalue weighted by atomic mass is 16.2. The zero-order valence-corrected chi connectivity index (χ0v) is 13.9. The van der Waals surface area contributed by atoms with Crippen molar-refractivity contribution < 1.29 is 9.59 Å². The average Bonchev–Trinajstić information content (AvgIpc) is 2.97. The molecule has 2 aliphatic rings. The second-order valence-corrected chi connectivity index (χ2v) is 6.78. The number of carbonyl (C=O) groups excluding carboxylic acids is 2. The number of hydrogen-bond donors (Lipinski definition) is 3. The third kappa shape index (κ3) is 5.21. The Kier molecular flexibility index (Phi) is 6.85. The van der Waals surface area contributed by atoms with E-state index in [9.17, 15) is 14.9 Å². The summed E-state index contributed by atoms with van der Waals surface area (Å²) in [5, 5.41) is 17.9. The van der Waals surface area contributed by atoms with Crippen molar-refractivity contribution in [3.05, 3.63) is 0 Å². The number of nitrogens with one attached hydrogen (secondary N) is 3. The summed E-state index contributed by atoms with van der Waals surface area (Å²) in [6, 6.07) is 1.27. The van der Waals surface area contributed by atoms with E-state index in [-0.39, 0.29) is 23.8 Å². The van der Waals surface area contributed by atoms with Gasteiger partial charge in [0.1, 0.15) is 6.04 Å². The largest absolute Gasteiger partial charge is 0.356 e. The quantitative estimate of drug-likeness (QED) is 0.654. The second-order valence-electron chi connectivity index (χ2n) is 6.78. The molecule has 1 saturated heterocycles. The maximum Gasteiger partial charge on any atom is 0.238 e. The Morgan fingerprint density at radius 2 is 2.04 bits per heavy atom. The van der Waals surface area contributed by atoms with Crippen molar-refractivity contribution in [1.29, 1.82) is 5.26 Å². The van der Waals surface area contributed by atoms with Gasteiger partial charge in [-0.15, -0.1) is 0 Å². The molecule has 0 aromatic heterocycles. The Morgan fingerprint density at radius 3 is 2.61 bits per heavy atom. The van der Waals surface area contributed by atoms with Gasteiger partial charge in [0.25, 0.3) is 0 Å².